The van der Waals surface area contributed by atoms with Crippen LogP contribution < -0.4 is 10.1 Å². The molecule has 0 radical (unpaired) electrons. The largest absolute Gasteiger partial charge is 0.489 e. The first-order valence-electron chi connectivity index (χ1n) is 13.3. The van der Waals surface area contributed by atoms with E-state index >= 15 is 0 Å². The molecule has 208 valence electrons. The standard InChI is InChI=1S/C29H36N4O6/c1-30-27(35)25(6-4-16-34)33-19-24-23(29(33)37)5-3-7-26(24)39-20-21-8-10-22(11-9-21)28(36)31(2)12-13-32-14-17-38-18-15-32/h3,5,7-11,16,25H,4,6,12-15,17-20H2,1-2H3,(H,30,35). The zero-order valence-corrected chi connectivity index (χ0v) is 22.6. The van der Waals surface area contributed by atoms with E-state index in [0.29, 0.717) is 23.4 Å². The Kier molecular flexibility index (Phi) is 9.67. The van der Waals surface area contributed by atoms with E-state index in [9.17, 15) is 19.2 Å². The fourth-order valence-corrected chi connectivity index (χ4v) is 4.88. The third-order valence-electron chi connectivity index (χ3n) is 7.23. The number of hydrogen-bond donors (Lipinski definition) is 1. The molecule has 0 bridgehead atoms. The number of amides is 3. The molecule has 2 heterocycles. The maximum atomic E-state index is 13.1. The minimum Gasteiger partial charge on any atom is -0.489 e. The number of benzene rings is 2. The predicted molar refractivity (Wildman–Crippen MR) is 144 cm³/mol. The van der Waals surface area contributed by atoms with Crippen LogP contribution in [0.2, 0.25) is 0 Å². The molecule has 2 aromatic carbocycles. The first-order valence-corrected chi connectivity index (χ1v) is 13.3. The Labute approximate surface area is 228 Å². The third-order valence-corrected chi connectivity index (χ3v) is 7.23. The maximum absolute atomic E-state index is 13.1. The van der Waals surface area contributed by atoms with E-state index in [1.165, 1.54) is 11.9 Å². The highest BCUT2D eigenvalue weighted by atomic mass is 16.5. The van der Waals surface area contributed by atoms with Gasteiger partial charge >= 0.3 is 0 Å². The summed E-state index contributed by atoms with van der Waals surface area (Å²) in [4.78, 5) is 54.8. The number of carbonyl (C=O) groups excluding carboxylic acids is 4. The van der Waals surface area contributed by atoms with Crippen LogP contribution >= 0.6 is 0 Å². The van der Waals surface area contributed by atoms with Crippen molar-refractivity contribution >= 4 is 24.0 Å². The average molecular weight is 537 g/mol. The van der Waals surface area contributed by atoms with Crippen molar-refractivity contribution < 1.29 is 28.7 Å². The van der Waals surface area contributed by atoms with Crippen LogP contribution in [0, 0.1) is 0 Å². The minimum absolute atomic E-state index is 0.0320. The molecular formula is C29H36N4O6. The third kappa shape index (κ3) is 6.82. The Morgan fingerprint density at radius 3 is 2.59 bits per heavy atom. The molecule has 1 fully saturated rings. The van der Waals surface area contributed by atoms with Gasteiger partial charge in [0.2, 0.25) is 5.91 Å². The van der Waals surface area contributed by atoms with Gasteiger partial charge in [0.05, 0.1) is 19.8 Å². The zero-order valence-electron chi connectivity index (χ0n) is 22.6. The predicted octanol–water partition coefficient (Wildman–Crippen LogP) is 1.72. The van der Waals surface area contributed by atoms with E-state index in [1.807, 2.05) is 19.2 Å². The van der Waals surface area contributed by atoms with Gasteiger partial charge in [0.1, 0.15) is 24.7 Å². The van der Waals surface area contributed by atoms with Crippen molar-refractivity contribution in [2.75, 3.05) is 53.5 Å². The summed E-state index contributed by atoms with van der Waals surface area (Å²) >= 11 is 0. The summed E-state index contributed by atoms with van der Waals surface area (Å²) < 4.78 is 11.5. The van der Waals surface area contributed by atoms with Crippen molar-refractivity contribution in [2.24, 2.45) is 0 Å². The fourth-order valence-electron chi connectivity index (χ4n) is 4.88. The van der Waals surface area contributed by atoms with Gasteiger partial charge in [-0.1, -0.05) is 18.2 Å². The molecule has 1 saturated heterocycles. The smallest absolute Gasteiger partial charge is 0.255 e. The van der Waals surface area contributed by atoms with E-state index in [0.717, 1.165) is 50.3 Å². The van der Waals surface area contributed by atoms with Gasteiger partial charge in [0.25, 0.3) is 11.8 Å². The highest BCUT2D eigenvalue weighted by Gasteiger charge is 2.37. The molecule has 4 rings (SSSR count). The number of carbonyl (C=O) groups is 4. The monoisotopic (exact) mass is 536 g/mol. The number of aldehydes is 1. The first kappa shape index (κ1) is 28.3. The fraction of sp³-hybridized carbons (Fsp3) is 0.448. The number of nitrogens with one attached hydrogen (secondary N) is 1. The van der Waals surface area contributed by atoms with Crippen LogP contribution in [-0.4, -0.2) is 98.2 Å². The number of nitrogens with zero attached hydrogens (tertiary/aromatic N) is 3. The lowest BCUT2D eigenvalue weighted by atomic mass is 10.1. The molecule has 2 aliphatic rings. The quantitative estimate of drug-likeness (QED) is 0.412. The maximum Gasteiger partial charge on any atom is 0.255 e. The second kappa shape index (κ2) is 13.3. The van der Waals surface area contributed by atoms with Crippen LogP contribution in [-0.2, 0) is 27.5 Å². The first-order chi connectivity index (χ1) is 18.9. The summed E-state index contributed by atoms with van der Waals surface area (Å²) in [5.74, 6) is -0.0229. The molecule has 1 atom stereocenters. The molecular weight excluding hydrogens is 500 g/mol. The highest BCUT2D eigenvalue weighted by Crippen LogP contribution is 2.33. The topological polar surface area (TPSA) is 108 Å². The lowest BCUT2D eigenvalue weighted by molar-refractivity contribution is -0.125. The summed E-state index contributed by atoms with van der Waals surface area (Å²) in [7, 11) is 3.33. The molecule has 2 aromatic rings. The summed E-state index contributed by atoms with van der Waals surface area (Å²) in [5.41, 5.74) is 2.71. The molecule has 10 nitrogen and oxygen atoms in total. The van der Waals surface area contributed by atoms with Gasteiger partial charge < -0.3 is 29.4 Å². The lowest BCUT2D eigenvalue weighted by Crippen LogP contribution is -2.46. The van der Waals surface area contributed by atoms with Crippen LogP contribution in [0.1, 0.15) is 44.7 Å². The van der Waals surface area contributed by atoms with Gasteiger partial charge in [-0.2, -0.15) is 0 Å². The van der Waals surface area contributed by atoms with Crippen molar-refractivity contribution in [3.05, 3.63) is 64.7 Å². The summed E-state index contributed by atoms with van der Waals surface area (Å²) in [6, 6.07) is 11.9. The molecule has 39 heavy (non-hydrogen) atoms. The molecule has 10 heteroatoms. The van der Waals surface area contributed by atoms with Crippen LogP contribution in [0.4, 0.5) is 0 Å². The number of hydrogen-bond acceptors (Lipinski definition) is 7. The summed E-state index contributed by atoms with van der Waals surface area (Å²) in [6.45, 7) is 5.21. The number of ether oxygens (including phenoxy) is 2. The molecule has 1 N–H and O–H groups in total. The lowest BCUT2D eigenvalue weighted by Gasteiger charge is -2.28. The van der Waals surface area contributed by atoms with Crippen LogP contribution in [0.5, 0.6) is 5.75 Å². The molecule has 2 aliphatic heterocycles. The van der Waals surface area contributed by atoms with E-state index in [1.54, 1.807) is 35.2 Å². The minimum atomic E-state index is -0.731. The number of rotatable bonds is 12. The van der Waals surface area contributed by atoms with Crippen molar-refractivity contribution in [3.63, 3.8) is 0 Å². The molecule has 0 spiro atoms. The Morgan fingerprint density at radius 2 is 1.90 bits per heavy atom. The Morgan fingerprint density at radius 1 is 1.15 bits per heavy atom. The second-order valence-corrected chi connectivity index (χ2v) is 9.76. The summed E-state index contributed by atoms with van der Waals surface area (Å²) in [5, 5.41) is 2.59. The van der Waals surface area contributed by atoms with E-state index in [4.69, 9.17) is 9.47 Å². The Hall–Kier alpha value is -3.76. The van der Waals surface area contributed by atoms with Gasteiger partial charge in [0, 0.05) is 63.4 Å². The van der Waals surface area contributed by atoms with Crippen LogP contribution in [0.15, 0.2) is 42.5 Å². The molecule has 0 saturated carbocycles. The zero-order chi connectivity index (χ0) is 27.8. The van der Waals surface area contributed by atoms with Gasteiger partial charge in [-0.3, -0.25) is 19.3 Å². The number of likely N-dealkylation sites (N-methyl/N-ethyl adjacent to an activating group) is 2. The van der Waals surface area contributed by atoms with Gasteiger partial charge in [-0.15, -0.1) is 0 Å². The Balaban J connectivity index is 1.36. The van der Waals surface area contributed by atoms with Crippen molar-refractivity contribution in [2.45, 2.75) is 32.0 Å². The molecule has 0 aliphatic carbocycles. The van der Waals surface area contributed by atoms with Crippen molar-refractivity contribution in [1.82, 2.24) is 20.0 Å². The number of fused-ring (bicyclic) bond motifs is 1. The Bertz CT molecular complexity index is 1180. The van der Waals surface area contributed by atoms with Gasteiger partial charge in [-0.25, -0.2) is 0 Å². The number of morpholine rings is 1. The summed E-state index contributed by atoms with van der Waals surface area (Å²) in [6.07, 6.45) is 1.19. The van der Waals surface area contributed by atoms with Crippen LogP contribution in [0.25, 0.3) is 0 Å². The highest BCUT2D eigenvalue weighted by molar-refractivity contribution is 6.01. The molecule has 3 amide bonds. The van der Waals surface area contributed by atoms with E-state index in [2.05, 4.69) is 10.2 Å². The average Bonchev–Trinajstić information content (AvgIpc) is 3.31. The molecule has 1 unspecified atom stereocenters. The van der Waals surface area contributed by atoms with E-state index in [-0.39, 0.29) is 43.7 Å². The van der Waals surface area contributed by atoms with Gasteiger partial charge in [-0.05, 0) is 36.2 Å². The van der Waals surface area contributed by atoms with Crippen molar-refractivity contribution in [3.8, 4) is 5.75 Å². The van der Waals surface area contributed by atoms with Gasteiger partial charge in [0.15, 0.2) is 0 Å². The second-order valence-electron chi connectivity index (χ2n) is 9.76. The normalized spacial score (nSPS) is 15.9. The van der Waals surface area contributed by atoms with Crippen molar-refractivity contribution in [1.29, 1.82) is 0 Å². The van der Waals surface area contributed by atoms with Crippen LogP contribution in [0.3, 0.4) is 0 Å². The SMILES string of the molecule is CNC(=O)C(CCC=O)N1Cc2c(OCc3ccc(C(=O)N(C)CCN4CCOCC4)cc3)cccc2C1=O. The van der Waals surface area contributed by atoms with E-state index < -0.39 is 6.04 Å². The molecule has 0 aromatic heterocycles.